The van der Waals surface area contributed by atoms with Crippen molar-refractivity contribution in [3.8, 4) is 0 Å². The zero-order valence-corrected chi connectivity index (χ0v) is 13.3. The molecule has 1 N–H and O–H groups in total. The number of halogens is 7. The summed E-state index contributed by atoms with van der Waals surface area (Å²) in [6.07, 6.45) is 0. The molecule has 0 spiro atoms. The summed E-state index contributed by atoms with van der Waals surface area (Å²) in [6, 6.07) is 6.37. The van der Waals surface area contributed by atoms with Crippen LogP contribution in [-0.4, -0.2) is 5.91 Å². The van der Waals surface area contributed by atoms with Crippen molar-refractivity contribution >= 4 is 45.0 Å². The molecule has 2 aromatic carbocycles. The molecule has 126 valence electrons. The largest absolute Gasteiger partial charge is 0.322 e. The average Bonchev–Trinajstić information content (AvgIpc) is 2.36. The second-order valence-corrected chi connectivity index (χ2v) is 7.77. The minimum Gasteiger partial charge on any atom is -0.322 e. The summed E-state index contributed by atoms with van der Waals surface area (Å²) in [7, 11) is -9.83. The number of carbonyl (C=O) groups is 1. The summed E-state index contributed by atoms with van der Waals surface area (Å²) in [6.45, 7) is 0. The van der Waals surface area contributed by atoms with E-state index in [9.17, 15) is 24.2 Å². The standard InChI is InChI=1S/C13H8Cl2F5NOS/c14-10-5-2-6-11(15)12(10)13(22)21-8-3-1-4-9(7-8)23(16,17,18,19)20/h1-7H,(H,21,22). The fourth-order valence-electron chi connectivity index (χ4n) is 1.72. The normalized spacial score (nSPS) is 14.7. The van der Waals surface area contributed by atoms with Gasteiger partial charge in [-0.1, -0.05) is 54.8 Å². The first-order valence-corrected chi connectivity index (χ1v) is 8.58. The third-order valence-electron chi connectivity index (χ3n) is 2.73. The van der Waals surface area contributed by atoms with Crippen molar-refractivity contribution < 1.29 is 24.2 Å². The molecule has 0 unspecified atom stereocenters. The lowest BCUT2D eigenvalue weighted by Crippen LogP contribution is -2.14. The molecular formula is C13H8Cl2F5NOS. The second kappa shape index (κ2) is 4.99. The second-order valence-electron chi connectivity index (χ2n) is 4.55. The van der Waals surface area contributed by atoms with E-state index in [4.69, 9.17) is 23.2 Å². The van der Waals surface area contributed by atoms with Crippen molar-refractivity contribution in [1.29, 1.82) is 0 Å². The number of amides is 1. The van der Waals surface area contributed by atoms with Gasteiger partial charge in [0.15, 0.2) is 0 Å². The van der Waals surface area contributed by atoms with Crippen molar-refractivity contribution in [3.63, 3.8) is 0 Å². The van der Waals surface area contributed by atoms with Gasteiger partial charge in [-0.3, -0.25) is 4.79 Å². The molecule has 0 aliphatic heterocycles. The van der Waals surface area contributed by atoms with Gasteiger partial charge in [-0.2, -0.15) is 0 Å². The maximum atomic E-state index is 12.8. The van der Waals surface area contributed by atoms with Gasteiger partial charge in [-0.15, -0.1) is 0 Å². The Balaban J connectivity index is 2.38. The van der Waals surface area contributed by atoms with Crippen LogP contribution in [0.2, 0.25) is 10.0 Å². The van der Waals surface area contributed by atoms with Gasteiger partial charge in [0.2, 0.25) is 0 Å². The Hall–Kier alpha value is -1.51. The maximum absolute atomic E-state index is 12.8. The van der Waals surface area contributed by atoms with Crippen molar-refractivity contribution in [2.75, 3.05) is 5.32 Å². The van der Waals surface area contributed by atoms with E-state index in [1.807, 2.05) is 0 Å². The molecule has 2 rings (SSSR count). The van der Waals surface area contributed by atoms with Crippen LogP contribution in [0.4, 0.5) is 25.1 Å². The van der Waals surface area contributed by atoms with Crippen LogP contribution in [0.3, 0.4) is 0 Å². The number of nitrogens with one attached hydrogen (secondary N) is 1. The number of benzene rings is 2. The minimum atomic E-state index is -9.83. The van der Waals surface area contributed by atoms with Gasteiger partial charge in [0.05, 0.1) is 15.6 Å². The topological polar surface area (TPSA) is 29.1 Å². The number of carbonyl (C=O) groups excluding carboxylic acids is 1. The van der Waals surface area contributed by atoms with E-state index in [2.05, 4.69) is 5.32 Å². The van der Waals surface area contributed by atoms with Gasteiger partial charge >= 0.3 is 10.2 Å². The van der Waals surface area contributed by atoms with E-state index in [1.54, 1.807) is 0 Å². The molecule has 23 heavy (non-hydrogen) atoms. The zero-order chi connectivity index (χ0) is 17.5. The summed E-state index contributed by atoms with van der Waals surface area (Å²) in [5, 5.41) is 2.01. The number of anilines is 1. The fraction of sp³-hybridized carbons (Fsp3) is 0. The van der Waals surface area contributed by atoms with Crippen molar-refractivity contribution in [2.24, 2.45) is 0 Å². The first kappa shape index (κ1) is 17.8. The number of hydrogen-bond acceptors (Lipinski definition) is 1. The highest BCUT2D eigenvalue weighted by molar-refractivity contribution is 8.45. The van der Waals surface area contributed by atoms with Gasteiger partial charge in [-0.25, -0.2) is 0 Å². The molecule has 0 heterocycles. The van der Waals surface area contributed by atoms with Crippen molar-refractivity contribution in [1.82, 2.24) is 0 Å². The molecule has 0 bridgehead atoms. The maximum Gasteiger partial charge on any atom is 0.310 e. The van der Waals surface area contributed by atoms with Gasteiger partial charge in [0.25, 0.3) is 5.91 Å². The van der Waals surface area contributed by atoms with Crippen LogP contribution < -0.4 is 5.32 Å². The van der Waals surface area contributed by atoms with Crippen LogP contribution in [0.15, 0.2) is 47.4 Å². The van der Waals surface area contributed by atoms with Crippen LogP contribution >= 0.6 is 33.4 Å². The third-order valence-corrected chi connectivity index (χ3v) is 4.50. The summed E-state index contributed by atoms with van der Waals surface area (Å²) in [4.78, 5) is 9.93. The van der Waals surface area contributed by atoms with Crippen molar-refractivity contribution in [3.05, 3.63) is 58.1 Å². The molecule has 0 saturated heterocycles. The molecule has 0 atom stereocenters. The molecular weight excluding hydrogens is 384 g/mol. The van der Waals surface area contributed by atoms with Crippen LogP contribution in [0.25, 0.3) is 0 Å². The predicted molar refractivity (Wildman–Crippen MR) is 82.3 cm³/mol. The van der Waals surface area contributed by atoms with E-state index < -0.39 is 26.7 Å². The Labute approximate surface area is 137 Å². The van der Waals surface area contributed by atoms with Crippen molar-refractivity contribution in [2.45, 2.75) is 4.90 Å². The van der Waals surface area contributed by atoms with Crippen LogP contribution in [0, 0.1) is 0 Å². The fourth-order valence-corrected chi connectivity index (χ4v) is 2.98. The Kier molecular flexibility index (Phi) is 3.87. The predicted octanol–water partition coefficient (Wildman–Crippen LogP) is 6.90. The molecule has 0 radical (unpaired) electrons. The molecule has 0 saturated carbocycles. The SMILES string of the molecule is O=C(Nc1cccc(S(F)(F)(F)(F)F)c1)c1c(Cl)cccc1Cl. The van der Waals surface area contributed by atoms with Crippen LogP contribution in [0.1, 0.15) is 10.4 Å². The van der Waals surface area contributed by atoms with Gasteiger partial charge in [-0.05, 0) is 30.3 Å². The highest BCUT2D eigenvalue weighted by Crippen LogP contribution is 3.02. The van der Waals surface area contributed by atoms with Gasteiger partial charge in [0, 0.05) is 5.69 Å². The molecule has 0 aliphatic carbocycles. The Morgan fingerprint density at radius 1 is 0.913 bits per heavy atom. The van der Waals surface area contributed by atoms with E-state index in [0.717, 1.165) is 12.1 Å². The molecule has 0 fully saturated rings. The Morgan fingerprint density at radius 3 is 1.96 bits per heavy atom. The summed E-state index contributed by atoms with van der Waals surface area (Å²) >= 11 is 11.6. The lowest BCUT2D eigenvalue weighted by atomic mass is 10.2. The quantitative estimate of drug-likeness (QED) is 0.566. The minimum absolute atomic E-state index is 0.0288. The van der Waals surface area contributed by atoms with E-state index in [1.165, 1.54) is 18.2 Å². The smallest absolute Gasteiger partial charge is 0.310 e. The van der Waals surface area contributed by atoms with E-state index in [0.29, 0.717) is 0 Å². The summed E-state index contributed by atoms with van der Waals surface area (Å²) in [5.74, 6) is -0.917. The van der Waals surface area contributed by atoms with E-state index in [-0.39, 0.29) is 27.7 Å². The third kappa shape index (κ3) is 4.27. The first-order valence-electron chi connectivity index (χ1n) is 5.87. The number of rotatable bonds is 3. The first-order chi connectivity index (χ1) is 10.3. The molecule has 0 aliphatic rings. The van der Waals surface area contributed by atoms with Gasteiger partial charge in [0.1, 0.15) is 4.90 Å². The lowest BCUT2D eigenvalue weighted by molar-refractivity contribution is 0.102. The highest BCUT2D eigenvalue weighted by Gasteiger charge is 2.65. The van der Waals surface area contributed by atoms with E-state index >= 15 is 0 Å². The highest BCUT2D eigenvalue weighted by atomic mass is 35.5. The summed E-state index contributed by atoms with van der Waals surface area (Å²) < 4.78 is 63.8. The Bertz CT molecular complexity index is 775. The molecule has 2 nitrogen and oxygen atoms in total. The number of hydrogen-bond donors (Lipinski definition) is 1. The average molecular weight is 392 g/mol. The summed E-state index contributed by atoms with van der Waals surface area (Å²) in [5.41, 5.74) is -0.634. The lowest BCUT2D eigenvalue weighted by Gasteiger charge is -2.40. The zero-order valence-electron chi connectivity index (χ0n) is 11.0. The molecule has 10 heteroatoms. The molecule has 1 amide bonds. The van der Waals surface area contributed by atoms with Crippen LogP contribution in [0.5, 0.6) is 0 Å². The molecule has 0 aromatic heterocycles. The van der Waals surface area contributed by atoms with Gasteiger partial charge < -0.3 is 5.32 Å². The van der Waals surface area contributed by atoms with Crippen LogP contribution in [-0.2, 0) is 0 Å². The molecule has 2 aromatic rings. The monoisotopic (exact) mass is 391 g/mol. The Morgan fingerprint density at radius 2 is 1.43 bits per heavy atom.